The third-order valence-electron chi connectivity index (χ3n) is 3.97. The molecule has 2 atom stereocenters. The van der Waals surface area contributed by atoms with Crippen LogP contribution >= 0.6 is 0 Å². The van der Waals surface area contributed by atoms with Crippen molar-refractivity contribution in [3.63, 3.8) is 0 Å². The van der Waals surface area contributed by atoms with Crippen molar-refractivity contribution in [3.05, 3.63) is 72.9 Å². The van der Waals surface area contributed by atoms with Crippen molar-refractivity contribution in [2.24, 2.45) is 0 Å². The summed E-state index contributed by atoms with van der Waals surface area (Å²) < 4.78 is 0. The van der Waals surface area contributed by atoms with Crippen LogP contribution in [0.2, 0.25) is 0 Å². The van der Waals surface area contributed by atoms with Gasteiger partial charge in [-0.15, -0.1) is 6.58 Å². The lowest BCUT2D eigenvalue weighted by Crippen LogP contribution is -2.28. The van der Waals surface area contributed by atoms with E-state index in [4.69, 9.17) is 5.26 Å². The normalized spacial score (nSPS) is 13.4. The van der Waals surface area contributed by atoms with Gasteiger partial charge in [-0.1, -0.05) is 54.6 Å². The molecule has 3 heteroatoms. The second-order valence-electron chi connectivity index (χ2n) is 5.56. The van der Waals surface area contributed by atoms with Crippen molar-refractivity contribution < 1.29 is 0 Å². The summed E-state index contributed by atoms with van der Waals surface area (Å²) >= 11 is 0. The van der Waals surface area contributed by atoms with Crippen LogP contribution < -0.4 is 5.32 Å². The number of fused-ring (bicyclic) bond motifs is 1. The minimum Gasteiger partial charge on any atom is -0.356 e. The van der Waals surface area contributed by atoms with E-state index in [9.17, 15) is 0 Å². The molecule has 23 heavy (non-hydrogen) atoms. The average molecular weight is 301 g/mol. The van der Waals surface area contributed by atoms with Gasteiger partial charge in [-0.2, -0.15) is 5.26 Å². The number of nitriles is 1. The highest BCUT2D eigenvalue weighted by atomic mass is 15.0. The SMILES string of the molecule is C=CC(NC(C)C#N)c1[nH]c2ccccc2c1-c1ccccc1. The van der Waals surface area contributed by atoms with Crippen LogP contribution in [0, 0.1) is 11.3 Å². The fourth-order valence-corrected chi connectivity index (χ4v) is 2.89. The third kappa shape index (κ3) is 2.90. The standard InChI is InChI=1S/C20H19N3/c1-3-17(22-14(2)13-21)20-19(15-9-5-4-6-10-15)16-11-7-8-12-18(16)23-20/h3-12,14,17,22-23H,1H2,2H3. The molecule has 1 heterocycles. The predicted octanol–water partition coefficient (Wildman–Crippen LogP) is 4.56. The van der Waals surface area contributed by atoms with Crippen molar-refractivity contribution >= 4 is 10.9 Å². The van der Waals surface area contributed by atoms with Crippen LogP contribution in [0.15, 0.2) is 67.3 Å². The van der Waals surface area contributed by atoms with Gasteiger partial charge in [-0.05, 0) is 18.6 Å². The maximum atomic E-state index is 9.10. The third-order valence-corrected chi connectivity index (χ3v) is 3.97. The molecule has 3 aromatic rings. The number of nitrogens with zero attached hydrogens (tertiary/aromatic N) is 1. The highest BCUT2D eigenvalue weighted by molar-refractivity contribution is 5.97. The Balaban J connectivity index is 2.20. The van der Waals surface area contributed by atoms with Crippen molar-refractivity contribution in [3.8, 4) is 17.2 Å². The van der Waals surface area contributed by atoms with Crippen molar-refractivity contribution in [1.82, 2.24) is 10.3 Å². The highest BCUT2D eigenvalue weighted by Gasteiger charge is 2.20. The number of nitrogens with one attached hydrogen (secondary N) is 2. The summed E-state index contributed by atoms with van der Waals surface area (Å²) in [6, 6.07) is 20.4. The largest absolute Gasteiger partial charge is 0.356 e. The monoisotopic (exact) mass is 301 g/mol. The summed E-state index contributed by atoms with van der Waals surface area (Å²) in [7, 11) is 0. The Bertz CT molecular complexity index is 855. The number of rotatable bonds is 5. The maximum absolute atomic E-state index is 9.10. The molecular formula is C20H19N3. The van der Waals surface area contributed by atoms with Gasteiger partial charge in [0.05, 0.1) is 18.2 Å². The van der Waals surface area contributed by atoms with E-state index in [-0.39, 0.29) is 12.1 Å². The molecule has 3 rings (SSSR count). The number of aromatic amines is 1. The summed E-state index contributed by atoms with van der Waals surface area (Å²) in [6.07, 6.45) is 1.84. The lowest BCUT2D eigenvalue weighted by Gasteiger charge is -2.17. The van der Waals surface area contributed by atoms with Crippen molar-refractivity contribution in [2.75, 3.05) is 0 Å². The number of para-hydroxylation sites is 1. The number of hydrogen-bond acceptors (Lipinski definition) is 2. The molecule has 0 saturated carbocycles. The van der Waals surface area contributed by atoms with Gasteiger partial charge in [-0.25, -0.2) is 0 Å². The molecule has 3 nitrogen and oxygen atoms in total. The highest BCUT2D eigenvalue weighted by Crippen LogP contribution is 2.35. The summed E-state index contributed by atoms with van der Waals surface area (Å²) in [5.74, 6) is 0. The maximum Gasteiger partial charge on any atom is 0.0931 e. The Morgan fingerprint density at radius 3 is 2.52 bits per heavy atom. The number of H-pyrrole nitrogens is 1. The summed E-state index contributed by atoms with van der Waals surface area (Å²) in [4.78, 5) is 3.50. The zero-order chi connectivity index (χ0) is 16.2. The lowest BCUT2D eigenvalue weighted by atomic mass is 9.98. The van der Waals surface area contributed by atoms with Gasteiger partial charge in [0, 0.05) is 22.2 Å². The van der Waals surface area contributed by atoms with Crippen LogP contribution in [0.4, 0.5) is 0 Å². The van der Waals surface area contributed by atoms with E-state index in [2.05, 4.69) is 47.2 Å². The molecule has 2 aromatic carbocycles. The van der Waals surface area contributed by atoms with E-state index >= 15 is 0 Å². The molecular weight excluding hydrogens is 282 g/mol. The molecule has 0 aliphatic rings. The molecule has 0 amide bonds. The minimum atomic E-state index is -0.256. The average Bonchev–Trinajstić information content (AvgIpc) is 2.99. The zero-order valence-electron chi connectivity index (χ0n) is 13.1. The van der Waals surface area contributed by atoms with E-state index in [1.807, 2.05) is 43.3 Å². The smallest absolute Gasteiger partial charge is 0.0931 e. The molecule has 0 fully saturated rings. The first kappa shape index (κ1) is 15.1. The second-order valence-corrected chi connectivity index (χ2v) is 5.56. The molecule has 0 radical (unpaired) electrons. The predicted molar refractivity (Wildman–Crippen MR) is 94.9 cm³/mol. The number of benzene rings is 2. The van der Waals surface area contributed by atoms with Crippen LogP contribution in [0.3, 0.4) is 0 Å². The fourth-order valence-electron chi connectivity index (χ4n) is 2.89. The van der Waals surface area contributed by atoms with Crippen LogP contribution in [-0.4, -0.2) is 11.0 Å². The Morgan fingerprint density at radius 2 is 1.83 bits per heavy atom. The molecule has 0 bridgehead atoms. The quantitative estimate of drug-likeness (QED) is 0.679. The van der Waals surface area contributed by atoms with Gasteiger partial charge in [-0.3, -0.25) is 5.32 Å². The van der Waals surface area contributed by atoms with Gasteiger partial charge < -0.3 is 4.98 Å². The Hall–Kier alpha value is -2.83. The fraction of sp³-hybridized carbons (Fsp3) is 0.150. The Kier molecular flexibility index (Phi) is 4.27. The second kappa shape index (κ2) is 6.51. The van der Waals surface area contributed by atoms with Gasteiger partial charge in [0.25, 0.3) is 0 Å². The lowest BCUT2D eigenvalue weighted by molar-refractivity contribution is 0.576. The van der Waals surface area contributed by atoms with Crippen LogP contribution in [-0.2, 0) is 0 Å². The van der Waals surface area contributed by atoms with Crippen molar-refractivity contribution in [2.45, 2.75) is 19.0 Å². The molecule has 0 aliphatic carbocycles. The zero-order valence-corrected chi connectivity index (χ0v) is 13.1. The Morgan fingerprint density at radius 1 is 1.13 bits per heavy atom. The first-order valence-corrected chi connectivity index (χ1v) is 7.69. The van der Waals surface area contributed by atoms with Crippen LogP contribution in [0.5, 0.6) is 0 Å². The molecule has 114 valence electrons. The molecule has 1 aromatic heterocycles. The molecule has 2 unspecified atom stereocenters. The van der Waals surface area contributed by atoms with E-state index in [0.29, 0.717) is 0 Å². The van der Waals surface area contributed by atoms with Gasteiger partial charge >= 0.3 is 0 Å². The van der Waals surface area contributed by atoms with Crippen LogP contribution in [0.1, 0.15) is 18.7 Å². The van der Waals surface area contributed by atoms with E-state index < -0.39 is 0 Å². The first-order chi connectivity index (χ1) is 11.2. The molecule has 0 saturated heterocycles. The van der Waals surface area contributed by atoms with Gasteiger partial charge in [0.2, 0.25) is 0 Å². The number of aromatic nitrogens is 1. The van der Waals surface area contributed by atoms with E-state index in [1.165, 1.54) is 5.39 Å². The van der Waals surface area contributed by atoms with E-state index in [0.717, 1.165) is 22.3 Å². The summed E-state index contributed by atoms with van der Waals surface area (Å²) in [5.41, 5.74) is 4.43. The minimum absolute atomic E-state index is 0.118. The van der Waals surface area contributed by atoms with Gasteiger partial charge in [0.15, 0.2) is 0 Å². The van der Waals surface area contributed by atoms with Crippen LogP contribution in [0.25, 0.3) is 22.0 Å². The summed E-state index contributed by atoms with van der Waals surface area (Å²) in [5, 5.41) is 13.6. The first-order valence-electron chi connectivity index (χ1n) is 7.69. The molecule has 0 aliphatic heterocycles. The molecule has 2 N–H and O–H groups in total. The molecule has 0 spiro atoms. The van der Waals surface area contributed by atoms with Gasteiger partial charge in [0.1, 0.15) is 0 Å². The van der Waals surface area contributed by atoms with Crippen molar-refractivity contribution in [1.29, 1.82) is 5.26 Å². The summed E-state index contributed by atoms with van der Waals surface area (Å²) in [6.45, 7) is 5.79. The van der Waals surface area contributed by atoms with E-state index in [1.54, 1.807) is 0 Å². The topological polar surface area (TPSA) is 51.6 Å². The number of hydrogen-bond donors (Lipinski definition) is 2. The Labute approximate surface area is 136 Å².